The van der Waals surface area contributed by atoms with E-state index in [1.165, 1.54) is 25.5 Å². The molecule has 1 saturated heterocycles. The molecule has 0 unspecified atom stereocenters. The molecule has 0 aliphatic carbocycles. The van der Waals surface area contributed by atoms with Crippen molar-refractivity contribution in [1.82, 2.24) is 9.55 Å². The Hall–Kier alpha value is -1.68. The van der Waals surface area contributed by atoms with E-state index < -0.39 is 0 Å². The van der Waals surface area contributed by atoms with Crippen LogP contribution in [0.2, 0.25) is 5.02 Å². The average Bonchev–Trinajstić information content (AvgIpc) is 2.83. The first-order chi connectivity index (χ1) is 9.25. The second-order valence-electron chi connectivity index (χ2n) is 4.78. The minimum Gasteiger partial charge on any atom is -0.493 e. The summed E-state index contributed by atoms with van der Waals surface area (Å²) in [6, 6.07) is 7.40. The smallest absolute Gasteiger partial charge is 0.217 e. The molecule has 5 heteroatoms. The molecule has 1 aliphatic rings. The molecule has 100 valence electrons. The number of anilines is 1. The molecule has 3 rings (SSSR count). The Morgan fingerprint density at radius 3 is 2.42 bits per heavy atom. The number of benzene rings is 1. The zero-order valence-corrected chi connectivity index (χ0v) is 11.3. The summed E-state index contributed by atoms with van der Waals surface area (Å²) in [6.45, 7) is 1.98. The molecule has 2 heterocycles. The van der Waals surface area contributed by atoms with Gasteiger partial charge in [0.25, 0.3) is 0 Å². The molecule has 0 spiro atoms. The topological polar surface area (TPSA) is 41.3 Å². The number of hydrogen-bond acceptors (Lipinski definition) is 3. The Bertz CT molecular complexity index is 559. The molecule has 0 radical (unpaired) electrons. The van der Waals surface area contributed by atoms with Crippen LogP contribution < -0.4 is 4.90 Å². The lowest BCUT2D eigenvalue weighted by molar-refractivity contribution is 0.441. The number of halogens is 1. The van der Waals surface area contributed by atoms with E-state index in [1.54, 1.807) is 4.57 Å². The van der Waals surface area contributed by atoms with Gasteiger partial charge in [0, 0.05) is 18.1 Å². The Labute approximate surface area is 117 Å². The van der Waals surface area contributed by atoms with Crippen LogP contribution in [0.4, 0.5) is 5.95 Å². The van der Waals surface area contributed by atoms with Crippen molar-refractivity contribution in [3.63, 3.8) is 0 Å². The highest BCUT2D eigenvalue weighted by Crippen LogP contribution is 2.28. The zero-order chi connectivity index (χ0) is 13.2. The summed E-state index contributed by atoms with van der Waals surface area (Å²) in [5.41, 5.74) is 0.875. The number of imidazole rings is 1. The van der Waals surface area contributed by atoms with Crippen LogP contribution in [0.3, 0.4) is 0 Å². The van der Waals surface area contributed by atoms with Gasteiger partial charge in [-0.2, -0.15) is 0 Å². The second kappa shape index (κ2) is 5.13. The fourth-order valence-electron chi connectivity index (χ4n) is 2.49. The van der Waals surface area contributed by atoms with Crippen LogP contribution in [-0.2, 0) is 0 Å². The summed E-state index contributed by atoms with van der Waals surface area (Å²) >= 11 is 5.90. The number of piperidine rings is 1. The fraction of sp³-hybridized carbons (Fsp3) is 0.357. The van der Waals surface area contributed by atoms with Crippen LogP contribution in [0.25, 0.3) is 5.69 Å². The van der Waals surface area contributed by atoms with E-state index in [0.29, 0.717) is 5.02 Å². The summed E-state index contributed by atoms with van der Waals surface area (Å²) in [4.78, 5) is 6.56. The minimum atomic E-state index is 0.155. The summed E-state index contributed by atoms with van der Waals surface area (Å²) in [7, 11) is 0. The van der Waals surface area contributed by atoms with Gasteiger partial charge in [0.05, 0.1) is 11.9 Å². The van der Waals surface area contributed by atoms with Gasteiger partial charge in [-0.05, 0) is 43.5 Å². The first-order valence-electron chi connectivity index (χ1n) is 6.53. The van der Waals surface area contributed by atoms with Gasteiger partial charge in [0.1, 0.15) is 0 Å². The number of rotatable bonds is 2. The Kier molecular flexibility index (Phi) is 3.34. The van der Waals surface area contributed by atoms with Crippen LogP contribution in [0.15, 0.2) is 30.5 Å². The highest BCUT2D eigenvalue weighted by Gasteiger charge is 2.19. The van der Waals surface area contributed by atoms with Gasteiger partial charge in [0.2, 0.25) is 11.8 Å². The molecule has 1 aliphatic heterocycles. The zero-order valence-electron chi connectivity index (χ0n) is 10.6. The summed E-state index contributed by atoms with van der Waals surface area (Å²) < 4.78 is 1.77. The van der Waals surface area contributed by atoms with E-state index in [-0.39, 0.29) is 5.88 Å². The molecule has 19 heavy (non-hydrogen) atoms. The highest BCUT2D eigenvalue weighted by atomic mass is 35.5. The molecule has 2 aromatic rings. The normalized spacial score (nSPS) is 15.7. The van der Waals surface area contributed by atoms with Crippen molar-refractivity contribution in [3.8, 4) is 11.6 Å². The van der Waals surface area contributed by atoms with E-state index >= 15 is 0 Å². The molecule has 1 fully saturated rings. The summed E-state index contributed by atoms with van der Waals surface area (Å²) in [5, 5.41) is 10.7. The molecule has 0 atom stereocenters. The standard InChI is InChI=1S/C14H16ClN3O/c15-11-4-6-12(7-5-11)18-13(19)10-16-14(18)17-8-2-1-3-9-17/h4-7,10,19H,1-3,8-9H2. The number of aromatic nitrogens is 2. The van der Waals surface area contributed by atoms with Crippen molar-refractivity contribution < 1.29 is 5.11 Å². The van der Waals surface area contributed by atoms with Crippen molar-refractivity contribution in [2.45, 2.75) is 19.3 Å². The average molecular weight is 278 g/mol. The lowest BCUT2D eigenvalue weighted by Crippen LogP contribution is -2.31. The van der Waals surface area contributed by atoms with Crippen molar-refractivity contribution in [1.29, 1.82) is 0 Å². The molecule has 4 nitrogen and oxygen atoms in total. The number of nitrogens with zero attached hydrogens (tertiary/aromatic N) is 3. The fourth-order valence-corrected chi connectivity index (χ4v) is 2.61. The van der Waals surface area contributed by atoms with Crippen LogP contribution in [0.5, 0.6) is 5.88 Å². The van der Waals surface area contributed by atoms with Gasteiger partial charge in [-0.25, -0.2) is 9.55 Å². The quantitative estimate of drug-likeness (QED) is 0.916. The van der Waals surface area contributed by atoms with E-state index in [1.807, 2.05) is 24.3 Å². The summed E-state index contributed by atoms with van der Waals surface area (Å²) in [6.07, 6.45) is 5.12. The Morgan fingerprint density at radius 2 is 1.74 bits per heavy atom. The largest absolute Gasteiger partial charge is 0.493 e. The van der Waals surface area contributed by atoms with Crippen molar-refractivity contribution in [2.24, 2.45) is 0 Å². The van der Waals surface area contributed by atoms with Gasteiger partial charge in [0.15, 0.2) is 0 Å². The maximum Gasteiger partial charge on any atom is 0.217 e. The van der Waals surface area contributed by atoms with Gasteiger partial charge >= 0.3 is 0 Å². The Morgan fingerprint density at radius 1 is 1.05 bits per heavy atom. The minimum absolute atomic E-state index is 0.155. The summed E-state index contributed by atoms with van der Waals surface area (Å²) in [5.74, 6) is 0.961. The molecular weight excluding hydrogens is 262 g/mol. The lowest BCUT2D eigenvalue weighted by atomic mass is 10.1. The predicted molar refractivity (Wildman–Crippen MR) is 76.3 cm³/mol. The lowest BCUT2D eigenvalue weighted by Gasteiger charge is -2.28. The van der Waals surface area contributed by atoms with E-state index in [9.17, 15) is 5.11 Å². The van der Waals surface area contributed by atoms with Gasteiger partial charge in [-0.3, -0.25) is 0 Å². The van der Waals surface area contributed by atoms with Gasteiger partial charge in [-0.1, -0.05) is 11.6 Å². The van der Waals surface area contributed by atoms with E-state index in [2.05, 4.69) is 9.88 Å². The predicted octanol–water partition coefficient (Wildman–Crippen LogP) is 3.22. The third kappa shape index (κ3) is 2.40. The van der Waals surface area contributed by atoms with Gasteiger partial charge in [-0.15, -0.1) is 0 Å². The third-order valence-corrected chi connectivity index (χ3v) is 3.70. The first kappa shape index (κ1) is 12.4. The van der Waals surface area contributed by atoms with Gasteiger partial charge < -0.3 is 10.0 Å². The van der Waals surface area contributed by atoms with Crippen molar-refractivity contribution >= 4 is 17.5 Å². The molecule has 1 N–H and O–H groups in total. The third-order valence-electron chi connectivity index (χ3n) is 3.45. The molecular formula is C14H16ClN3O. The van der Waals surface area contributed by atoms with Crippen molar-refractivity contribution in [2.75, 3.05) is 18.0 Å². The maximum atomic E-state index is 10.0. The maximum absolute atomic E-state index is 10.0. The van der Waals surface area contributed by atoms with E-state index in [0.717, 1.165) is 24.7 Å². The molecule has 0 bridgehead atoms. The van der Waals surface area contributed by atoms with Crippen LogP contribution in [0, 0.1) is 0 Å². The van der Waals surface area contributed by atoms with Crippen LogP contribution >= 0.6 is 11.6 Å². The van der Waals surface area contributed by atoms with Crippen LogP contribution in [-0.4, -0.2) is 27.7 Å². The molecule has 1 aromatic heterocycles. The highest BCUT2D eigenvalue weighted by molar-refractivity contribution is 6.30. The second-order valence-corrected chi connectivity index (χ2v) is 5.21. The first-order valence-corrected chi connectivity index (χ1v) is 6.91. The van der Waals surface area contributed by atoms with E-state index in [4.69, 9.17) is 11.6 Å². The Balaban J connectivity index is 2.00. The molecule has 1 aromatic carbocycles. The monoisotopic (exact) mass is 277 g/mol. The number of aromatic hydroxyl groups is 1. The van der Waals surface area contributed by atoms with Crippen LogP contribution in [0.1, 0.15) is 19.3 Å². The number of hydrogen-bond donors (Lipinski definition) is 1. The molecule has 0 amide bonds. The van der Waals surface area contributed by atoms with Crippen molar-refractivity contribution in [3.05, 3.63) is 35.5 Å². The molecule has 0 saturated carbocycles. The SMILES string of the molecule is Oc1cnc(N2CCCCC2)n1-c1ccc(Cl)cc1.